The highest BCUT2D eigenvalue weighted by Gasteiger charge is 2.35. The lowest BCUT2D eigenvalue weighted by molar-refractivity contribution is 0.314. The van der Waals surface area contributed by atoms with Crippen molar-refractivity contribution in [3.63, 3.8) is 0 Å². The first-order valence-electron chi connectivity index (χ1n) is 5.42. The Labute approximate surface area is 93.3 Å². The van der Waals surface area contributed by atoms with Crippen LogP contribution in [0.2, 0.25) is 0 Å². The molecule has 0 radical (unpaired) electrons. The number of nitrogen functional groups attached to an aromatic ring is 1. The number of rotatable bonds is 2. The van der Waals surface area contributed by atoms with Gasteiger partial charge in [-0.15, -0.1) is 5.10 Å². The number of nitrogens with one attached hydrogen (secondary N) is 1. The van der Waals surface area contributed by atoms with Crippen LogP contribution in [0, 0.1) is 4.77 Å². The molecule has 3 rings (SSSR count). The quantitative estimate of drug-likeness (QED) is 0.735. The van der Waals surface area contributed by atoms with Gasteiger partial charge in [-0.3, -0.25) is 9.47 Å². The van der Waals surface area contributed by atoms with Crippen molar-refractivity contribution in [2.45, 2.75) is 31.3 Å². The molecule has 1 unspecified atom stereocenters. The Hall–Kier alpha value is -0.880. The van der Waals surface area contributed by atoms with E-state index in [1.807, 2.05) is 4.57 Å². The number of H-pyrrole nitrogens is 1. The second-order valence-electron chi connectivity index (χ2n) is 4.43. The summed E-state index contributed by atoms with van der Waals surface area (Å²) in [6, 6.07) is 1.24. The maximum absolute atomic E-state index is 5.79. The minimum Gasteiger partial charge on any atom is -0.368 e. The minimum absolute atomic E-state index is 0.414. The zero-order chi connectivity index (χ0) is 10.4. The third-order valence-electron chi connectivity index (χ3n) is 3.35. The Morgan fingerprint density at radius 1 is 1.33 bits per heavy atom. The van der Waals surface area contributed by atoms with Gasteiger partial charge in [-0.1, -0.05) is 0 Å². The van der Waals surface area contributed by atoms with Crippen LogP contribution in [0.4, 0.5) is 5.95 Å². The topological polar surface area (TPSA) is 62.9 Å². The van der Waals surface area contributed by atoms with E-state index >= 15 is 0 Å². The molecule has 0 bridgehead atoms. The van der Waals surface area contributed by atoms with Crippen molar-refractivity contribution in [1.82, 2.24) is 19.7 Å². The highest BCUT2D eigenvalue weighted by atomic mass is 32.1. The minimum atomic E-state index is 0.414. The molecule has 0 aromatic carbocycles. The van der Waals surface area contributed by atoms with Gasteiger partial charge in [0.2, 0.25) is 5.95 Å². The van der Waals surface area contributed by atoms with E-state index in [1.54, 1.807) is 0 Å². The predicted octanol–water partition coefficient (Wildman–Crippen LogP) is 0.932. The maximum atomic E-state index is 5.79. The van der Waals surface area contributed by atoms with Gasteiger partial charge in [0.15, 0.2) is 4.77 Å². The summed E-state index contributed by atoms with van der Waals surface area (Å²) < 4.78 is 2.60. The second kappa shape index (κ2) is 3.31. The van der Waals surface area contributed by atoms with Gasteiger partial charge in [0, 0.05) is 19.1 Å². The lowest BCUT2D eigenvalue weighted by Gasteiger charge is -2.15. The molecular weight excluding hydrogens is 210 g/mol. The van der Waals surface area contributed by atoms with Gasteiger partial charge >= 0.3 is 0 Å². The lowest BCUT2D eigenvalue weighted by atomic mass is 10.2. The van der Waals surface area contributed by atoms with Crippen molar-refractivity contribution in [3.05, 3.63) is 4.77 Å². The van der Waals surface area contributed by atoms with Crippen LogP contribution in [0.3, 0.4) is 0 Å². The Balaban J connectivity index is 1.81. The van der Waals surface area contributed by atoms with Crippen LogP contribution in [-0.2, 0) is 0 Å². The molecule has 1 saturated heterocycles. The number of anilines is 1. The van der Waals surface area contributed by atoms with Gasteiger partial charge in [0.25, 0.3) is 0 Å². The standard InChI is InChI=1S/C9H15N5S/c10-8-11-12-9(15)14(8)7-3-4-13(5-7)6-1-2-6/h6-7H,1-5H2,(H2,10,11)(H,12,15). The number of nitrogens with two attached hydrogens (primary N) is 1. The van der Waals surface area contributed by atoms with Gasteiger partial charge in [-0.2, -0.15) is 0 Å². The molecule has 0 amide bonds. The van der Waals surface area contributed by atoms with E-state index < -0.39 is 0 Å². The van der Waals surface area contributed by atoms with Gasteiger partial charge in [0.1, 0.15) is 0 Å². The van der Waals surface area contributed by atoms with Crippen LogP contribution < -0.4 is 5.73 Å². The first-order valence-corrected chi connectivity index (χ1v) is 5.83. The summed E-state index contributed by atoms with van der Waals surface area (Å²) in [4.78, 5) is 2.54. The molecule has 2 fully saturated rings. The van der Waals surface area contributed by atoms with E-state index in [4.69, 9.17) is 18.0 Å². The van der Waals surface area contributed by atoms with E-state index in [2.05, 4.69) is 15.1 Å². The van der Waals surface area contributed by atoms with Crippen molar-refractivity contribution in [2.75, 3.05) is 18.8 Å². The Kier molecular flexibility index (Phi) is 2.07. The molecule has 1 aromatic rings. The van der Waals surface area contributed by atoms with Crippen molar-refractivity contribution in [1.29, 1.82) is 0 Å². The summed E-state index contributed by atoms with van der Waals surface area (Å²) in [5.41, 5.74) is 5.79. The molecule has 1 saturated carbocycles. The van der Waals surface area contributed by atoms with E-state index in [1.165, 1.54) is 19.4 Å². The highest BCUT2D eigenvalue weighted by Crippen LogP contribution is 2.33. The molecule has 1 aliphatic carbocycles. The molecule has 2 heterocycles. The van der Waals surface area contributed by atoms with Gasteiger partial charge in [-0.05, 0) is 31.5 Å². The fraction of sp³-hybridized carbons (Fsp3) is 0.778. The predicted molar refractivity (Wildman–Crippen MR) is 60.1 cm³/mol. The van der Waals surface area contributed by atoms with Crippen LogP contribution in [0.1, 0.15) is 25.3 Å². The lowest BCUT2D eigenvalue weighted by Crippen LogP contribution is -2.24. The third kappa shape index (κ3) is 1.57. The van der Waals surface area contributed by atoms with Crippen molar-refractivity contribution in [3.8, 4) is 0 Å². The van der Waals surface area contributed by atoms with Gasteiger partial charge in [-0.25, -0.2) is 5.10 Å². The zero-order valence-corrected chi connectivity index (χ0v) is 9.33. The van der Waals surface area contributed by atoms with Crippen LogP contribution in [0.15, 0.2) is 0 Å². The molecule has 0 spiro atoms. The molecule has 1 aromatic heterocycles. The summed E-state index contributed by atoms with van der Waals surface area (Å²) in [6.07, 6.45) is 3.85. The number of hydrogen-bond donors (Lipinski definition) is 2. The van der Waals surface area contributed by atoms with Crippen LogP contribution >= 0.6 is 12.2 Å². The fourth-order valence-corrected chi connectivity index (χ4v) is 2.71. The van der Waals surface area contributed by atoms with Crippen LogP contribution in [0.5, 0.6) is 0 Å². The monoisotopic (exact) mass is 225 g/mol. The molecule has 1 atom stereocenters. The van der Waals surface area contributed by atoms with E-state index in [9.17, 15) is 0 Å². The summed E-state index contributed by atoms with van der Waals surface area (Å²) in [6.45, 7) is 2.24. The summed E-state index contributed by atoms with van der Waals surface area (Å²) in [5.74, 6) is 0.516. The third-order valence-corrected chi connectivity index (χ3v) is 3.64. The highest BCUT2D eigenvalue weighted by molar-refractivity contribution is 7.71. The van der Waals surface area contributed by atoms with E-state index in [-0.39, 0.29) is 0 Å². The van der Waals surface area contributed by atoms with Crippen molar-refractivity contribution in [2.24, 2.45) is 0 Å². The Morgan fingerprint density at radius 2 is 2.13 bits per heavy atom. The molecule has 82 valence electrons. The number of likely N-dealkylation sites (tertiary alicyclic amines) is 1. The van der Waals surface area contributed by atoms with Crippen molar-refractivity contribution >= 4 is 18.2 Å². The number of nitrogens with zero attached hydrogens (tertiary/aromatic N) is 3. The van der Waals surface area contributed by atoms with E-state index in [0.717, 1.165) is 19.0 Å². The molecule has 5 nitrogen and oxygen atoms in total. The van der Waals surface area contributed by atoms with Crippen LogP contribution in [0.25, 0.3) is 0 Å². The van der Waals surface area contributed by atoms with Crippen molar-refractivity contribution < 1.29 is 0 Å². The first kappa shape index (κ1) is 9.35. The van der Waals surface area contributed by atoms with Crippen LogP contribution in [-0.4, -0.2) is 38.8 Å². The molecule has 3 N–H and O–H groups in total. The average Bonchev–Trinajstić information content (AvgIpc) is 2.87. The van der Waals surface area contributed by atoms with Gasteiger partial charge < -0.3 is 5.73 Å². The summed E-state index contributed by atoms with van der Waals surface area (Å²) in [5, 5.41) is 6.70. The largest absolute Gasteiger partial charge is 0.368 e. The SMILES string of the molecule is Nc1n[nH]c(=S)n1C1CCN(C2CC2)C1. The number of aromatic nitrogens is 3. The van der Waals surface area contributed by atoms with E-state index in [0.29, 0.717) is 16.8 Å². The first-order chi connectivity index (χ1) is 7.25. The fourth-order valence-electron chi connectivity index (χ4n) is 2.42. The average molecular weight is 225 g/mol. The Morgan fingerprint density at radius 3 is 2.73 bits per heavy atom. The molecular formula is C9H15N5S. The number of hydrogen-bond acceptors (Lipinski definition) is 4. The number of aromatic amines is 1. The molecule has 6 heteroatoms. The van der Waals surface area contributed by atoms with Gasteiger partial charge in [0.05, 0.1) is 6.04 Å². The zero-order valence-electron chi connectivity index (χ0n) is 8.52. The summed E-state index contributed by atoms with van der Waals surface area (Å²) in [7, 11) is 0. The summed E-state index contributed by atoms with van der Waals surface area (Å²) >= 11 is 5.18. The normalized spacial score (nSPS) is 27.3. The second-order valence-corrected chi connectivity index (χ2v) is 4.81. The Bertz CT molecular complexity index is 418. The maximum Gasteiger partial charge on any atom is 0.220 e. The molecule has 1 aliphatic heterocycles. The smallest absolute Gasteiger partial charge is 0.220 e. The molecule has 2 aliphatic rings. The molecule has 15 heavy (non-hydrogen) atoms.